The van der Waals surface area contributed by atoms with Gasteiger partial charge in [-0.2, -0.15) is 5.10 Å². The number of hydrogen-bond donors (Lipinski definition) is 2. The monoisotopic (exact) mass is 305 g/mol. The highest BCUT2D eigenvalue weighted by atomic mass is 32.1. The molecule has 0 aliphatic carbocycles. The Morgan fingerprint density at radius 1 is 1.38 bits per heavy atom. The van der Waals surface area contributed by atoms with Crippen molar-refractivity contribution in [3.8, 4) is 0 Å². The van der Waals surface area contributed by atoms with E-state index < -0.39 is 0 Å². The first-order valence-electron chi connectivity index (χ1n) is 7.32. The third-order valence-electron chi connectivity index (χ3n) is 3.61. The summed E-state index contributed by atoms with van der Waals surface area (Å²) in [5.74, 6) is 0. The molecule has 0 radical (unpaired) electrons. The number of rotatable bonds is 4. The third kappa shape index (κ3) is 4.79. The van der Waals surface area contributed by atoms with Gasteiger partial charge in [0.05, 0.1) is 12.3 Å². The molecule has 114 valence electrons. The van der Waals surface area contributed by atoms with Crippen LogP contribution in [0.15, 0.2) is 17.2 Å². The Balaban J connectivity index is 1.83. The predicted molar refractivity (Wildman–Crippen MR) is 91.0 cm³/mol. The van der Waals surface area contributed by atoms with Crippen LogP contribution in [0.25, 0.3) is 0 Å². The SMILES string of the molecule is Cc1cc(C)c(/C=N/NC(=S)NCC2CCCO2)c(C)c1. The first-order chi connectivity index (χ1) is 10.1. The standard InChI is InChI=1S/C16H23N3OS/c1-11-7-12(2)15(13(3)8-11)10-18-19-16(21)17-9-14-5-4-6-20-14/h7-8,10,14H,4-6,9H2,1-3H3,(H2,17,19,21)/b18-10+. The molecule has 5 heteroatoms. The first-order valence-corrected chi connectivity index (χ1v) is 7.73. The molecule has 1 aliphatic heterocycles. The van der Waals surface area contributed by atoms with Crippen LogP contribution in [-0.4, -0.2) is 30.6 Å². The van der Waals surface area contributed by atoms with Gasteiger partial charge in [0.15, 0.2) is 5.11 Å². The van der Waals surface area contributed by atoms with Gasteiger partial charge in [0.25, 0.3) is 0 Å². The van der Waals surface area contributed by atoms with Gasteiger partial charge in [0, 0.05) is 18.7 Å². The van der Waals surface area contributed by atoms with Crippen LogP contribution in [0.4, 0.5) is 0 Å². The molecule has 1 saturated heterocycles. The minimum absolute atomic E-state index is 0.273. The Hall–Kier alpha value is -1.46. The zero-order chi connectivity index (χ0) is 15.2. The zero-order valence-electron chi connectivity index (χ0n) is 12.9. The topological polar surface area (TPSA) is 45.7 Å². The number of hydrazone groups is 1. The van der Waals surface area contributed by atoms with E-state index in [-0.39, 0.29) is 6.10 Å². The van der Waals surface area contributed by atoms with E-state index in [0.29, 0.717) is 5.11 Å². The van der Waals surface area contributed by atoms with Gasteiger partial charge in [-0.1, -0.05) is 17.7 Å². The number of hydrogen-bond acceptors (Lipinski definition) is 3. The highest BCUT2D eigenvalue weighted by molar-refractivity contribution is 7.80. The molecule has 0 spiro atoms. The minimum Gasteiger partial charge on any atom is -0.376 e. The Morgan fingerprint density at radius 2 is 2.10 bits per heavy atom. The molecule has 0 bridgehead atoms. The summed E-state index contributed by atoms with van der Waals surface area (Å²) in [6.07, 6.45) is 4.33. The van der Waals surface area contributed by atoms with E-state index in [0.717, 1.165) is 31.6 Å². The molecule has 2 rings (SSSR count). The Kier molecular flexibility index (Phi) is 5.70. The number of nitrogens with one attached hydrogen (secondary N) is 2. The van der Waals surface area contributed by atoms with E-state index in [9.17, 15) is 0 Å². The number of thiocarbonyl (C=S) groups is 1. The Morgan fingerprint density at radius 3 is 2.71 bits per heavy atom. The molecule has 4 nitrogen and oxygen atoms in total. The summed E-state index contributed by atoms with van der Waals surface area (Å²) in [5.41, 5.74) is 7.70. The molecule has 21 heavy (non-hydrogen) atoms. The second kappa shape index (κ2) is 7.52. The molecule has 1 unspecified atom stereocenters. The van der Waals surface area contributed by atoms with Crippen LogP contribution in [-0.2, 0) is 4.74 Å². The van der Waals surface area contributed by atoms with Gasteiger partial charge in [-0.15, -0.1) is 0 Å². The average molecular weight is 305 g/mol. The van der Waals surface area contributed by atoms with E-state index in [1.165, 1.54) is 16.7 Å². The summed E-state index contributed by atoms with van der Waals surface area (Å²) in [6.45, 7) is 7.88. The molecule has 0 saturated carbocycles. The molecule has 2 N–H and O–H groups in total. The summed E-state index contributed by atoms with van der Waals surface area (Å²) >= 11 is 5.20. The maximum absolute atomic E-state index is 5.53. The van der Waals surface area contributed by atoms with Crippen molar-refractivity contribution in [2.45, 2.75) is 39.7 Å². The zero-order valence-corrected chi connectivity index (χ0v) is 13.7. The van der Waals surface area contributed by atoms with Crippen molar-refractivity contribution in [3.05, 3.63) is 34.4 Å². The number of aryl methyl sites for hydroxylation is 3. The summed E-state index contributed by atoms with van der Waals surface area (Å²) in [6, 6.07) is 4.31. The molecule has 1 aromatic carbocycles. The van der Waals surface area contributed by atoms with Crippen LogP contribution < -0.4 is 10.7 Å². The van der Waals surface area contributed by atoms with Gasteiger partial charge in [0.1, 0.15) is 0 Å². The molecule has 1 aromatic rings. The lowest BCUT2D eigenvalue weighted by Crippen LogP contribution is -2.37. The van der Waals surface area contributed by atoms with Gasteiger partial charge in [-0.3, -0.25) is 5.43 Å². The van der Waals surface area contributed by atoms with E-state index in [4.69, 9.17) is 17.0 Å². The quantitative estimate of drug-likeness (QED) is 0.510. The van der Waals surface area contributed by atoms with Crippen molar-refractivity contribution in [1.29, 1.82) is 0 Å². The fraction of sp³-hybridized carbons (Fsp3) is 0.500. The normalized spacial score (nSPS) is 18.1. The van der Waals surface area contributed by atoms with Gasteiger partial charge < -0.3 is 10.1 Å². The molecule has 0 aromatic heterocycles. The molecular formula is C16H23N3OS. The van der Waals surface area contributed by atoms with Gasteiger partial charge >= 0.3 is 0 Å². The van der Waals surface area contributed by atoms with Gasteiger partial charge in [-0.25, -0.2) is 0 Å². The fourth-order valence-corrected chi connectivity index (χ4v) is 2.74. The maximum Gasteiger partial charge on any atom is 0.187 e. The van der Waals surface area contributed by atoms with Crippen molar-refractivity contribution < 1.29 is 4.74 Å². The second-order valence-corrected chi connectivity index (χ2v) is 5.94. The minimum atomic E-state index is 0.273. The van der Waals surface area contributed by atoms with Crippen molar-refractivity contribution in [2.24, 2.45) is 5.10 Å². The lowest BCUT2D eigenvalue weighted by molar-refractivity contribution is 0.114. The van der Waals surface area contributed by atoms with Crippen LogP contribution >= 0.6 is 12.2 Å². The Bertz CT molecular complexity index is 513. The third-order valence-corrected chi connectivity index (χ3v) is 3.85. The van der Waals surface area contributed by atoms with Crippen molar-refractivity contribution in [3.63, 3.8) is 0 Å². The summed E-state index contributed by atoms with van der Waals surface area (Å²) in [7, 11) is 0. The smallest absolute Gasteiger partial charge is 0.187 e. The molecule has 1 aliphatic rings. The van der Waals surface area contributed by atoms with Crippen LogP contribution in [0.3, 0.4) is 0 Å². The second-order valence-electron chi connectivity index (χ2n) is 5.53. The van der Waals surface area contributed by atoms with Crippen LogP contribution in [0.5, 0.6) is 0 Å². The van der Waals surface area contributed by atoms with Gasteiger partial charge in [0.2, 0.25) is 0 Å². The summed E-state index contributed by atoms with van der Waals surface area (Å²) in [5, 5.41) is 7.88. The van der Waals surface area contributed by atoms with E-state index >= 15 is 0 Å². The molecule has 0 amide bonds. The van der Waals surface area contributed by atoms with Crippen molar-refractivity contribution in [2.75, 3.05) is 13.2 Å². The fourth-order valence-electron chi connectivity index (χ4n) is 2.60. The van der Waals surface area contributed by atoms with Gasteiger partial charge in [-0.05, 0) is 57.0 Å². The number of benzene rings is 1. The van der Waals surface area contributed by atoms with E-state index in [1.807, 2.05) is 6.21 Å². The first kappa shape index (κ1) is 15.9. The average Bonchev–Trinajstić information content (AvgIpc) is 2.92. The number of ether oxygens (including phenoxy) is 1. The van der Waals surface area contributed by atoms with Crippen LogP contribution in [0.1, 0.15) is 35.1 Å². The van der Waals surface area contributed by atoms with Crippen molar-refractivity contribution >= 4 is 23.5 Å². The van der Waals surface area contributed by atoms with Crippen LogP contribution in [0.2, 0.25) is 0 Å². The molecule has 1 fully saturated rings. The highest BCUT2D eigenvalue weighted by Gasteiger charge is 2.14. The lowest BCUT2D eigenvalue weighted by atomic mass is 10.0. The Labute approximate surface area is 132 Å². The molecular weight excluding hydrogens is 282 g/mol. The number of nitrogens with zero attached hydrogens (tertiary/aromatic N) is 1. The molecule has 1 atom stereocenters. The highest BCUT2D eigenvalue weighted by Crippen LogP contribution is 2.14. The molecule has 1 heterocycles. The largest absolute Gasteiger partial charge is 0.376 e. The predicted octanol–water partition coefficient (Wildman–Crippen LogP) is 2.59. The van der Waals surface area contributed by atoms with Crippen molar-refractivity contribution in [1.82, 2.24) is 10.7 Å². The van der Waals surface area contributed by atoms with E-state index in [1.54, 1.807) is 0 Å². The maximum atomic E-state index is 5.53. The van der Waals surface area contributed by atoms with E-state index in [2.05, 4.69) is 48.7 Å². The van der Waals surface area contributed by atoms with Crippen LogP contribution in [0, 0.1) is 20.8 Å². The summed E-state index contributed by atoms with van der Waals surface area (Å²) < 4.78 is 5.53. The summed E-state index contributed by atoms with van der Waals surface area (Å²) in [4.78, 5) is 0. The lowest BCUT2D eigenvalue weighted by Gasteiger charge is -2.12.